The minimum Gasteiger partial charge on any atom is -0.341 e. The topological polar surface area (TPSA) is 40.6 Å². The van der Waals surface area contributed by atoms with Gasteiger partial charge in [0.1, 0.15) is 11.9 Å². The molecule has 0 aromatic heterocycles. The number of piperidine rings is 1. The lowest BCUT2D eigenvalue weighted by Crippen LogP contribution is -2.55. The third kappa shape index (κ3) is 2.91. The molecule has 0 bridgehead atoms. The number of benzene rings is 1. The van der Waals surface area contributed by atoms with E-state index in [1.165, 1.54) is 12.1 Å². The predicted molar refractivity (Wildman–Crippen MR) is 75.8 cm³/mol. The van der Waals surface area contributed by atoms with Gasteiger partial charge >= 0.3 is 0 Å². The summed E-state index contributed by atoms with van der Waals surface area (Å²) in [4.78, 5) is 28.1. The Kier molecular flexibility index (Phi) is 3.90. The lowest BCUT2D eigenvalue weighted by Gasteiger charge is -2.40. The van der Waals surface area contributed by atoms with Crippen LogP contribution in [-0.4, -0.2) is 40.7 Å². The van der Waals surface area contributed by atoms with E-state index in [2.05, 4.69) is 0 Å². The Morgan fingerprint density at radius 2 is 1.90 bits per heavy atom. The molecule has 21 heavy (non-hydrogen) atoms. The molecule has 112 valence electrons. The Morgan fingerprint density at radius 1 is 1.19 bits per heavy atom. The quantitative estimate of drug-likeness (QED) is 0.853. The first kappa shape index (κ1) is 14.0. The van der Waals surface area contributed by atoms with Crippen LogP contribution in [0.2, 0.25) is 0 Å². The number of hydrogen-bond donors (Lipinski definition) is 0. The van der Waals surface area contributed by atoms with Gasteiger partial charge in [-0.1, -0.05) is 12.1 Å². The summed E-state index contributed by atoms with van der Waals surface area (Å²) in [5, 5.41) is 0. The Balaban J connectivity index is 1.75. The van der Waals surface area contributed by atoms with E-state index in [-0.39, 0.29) is 23.7 Å². The molecular formula is C16H19FN2O2. The van der Waals surface area contributed by atoms with E-state index >= 15 is 0 Å². The fourth-order valence-electron chi connectivity index (χ4n) is 2.91. The molecule has 2 amide bonds. The van der Waals surface area contributed by atoms with Crippen molar-refractivity contribution in [2.45, 2.75) is 38.3 Å². The van der Waals surface area contributed by atoms with Gasteiger partial charge in [0.15, 0.2) is 0 Å². The van der Waals surface area contributed by atoms with Crippen LogP contribution in [0.3, 0.4) is 0 Å². The number of nitrogens with zero attached hydrogens (tertiary/aromatic N) is 2. The number of halogens is 1. The van der Waals surface area contributed by atoms with Gasteiger partial charge in [0.25, 0.3) is 0 Å². The van der Waals surface area contributed by atoms with E-state index in [4.69, 9.17) is 0 Å². The maximum Gasteiger partial charge on any atom is 0.245 e. The molecule has 1 aromatic rings. The summed E-state index contributed by atoms with van der Waals surface area (Å²) in [5.41, 5.74) is 0.855. The summed E-state index contributed by atoms with van der Waals surface area (Å²) in [7, 11) is 0. The molecule has 1 aromatic carbocycles. The minimum atomic E-state index is -0.350. The molecule has 0 N–H and O–H groups in total. The van der Waals surface area contributed by atoms with Crippen LogP contribution >= 0.6 is 0 Å². The third-order valence-corrected chi connectivity index (χ3v) is 4.28. The van der Waals surface area contributed by atoms with Gasteiger partial charge in [0, 0.05) is 26.1 Å². The van der Waals surface area contributed by atoms with Gasteiger partial charge in [-0.25, -0.2) is 4.39 Å². The standard InChI is InChI=1S/C16H19FN2O2/c17-13-7-5-12(6-8-13)11-19-14(3-1-4-15(19)20)16(21)18-9-2-10-18/h5-8,14H,1-4,9-11H2. The van der Waals surface area contributed by atoms with E-state index < -0.39 is 0 Å². The van der Waals surface area contributed by atoms with Crippen LogP contribution in [0, 0.1) is 5.82 Å². The molecule has 3 rings (SSSR count). The molecule has 2 saturated heterocycles. The Bertz CT molecular complexity index is 540. The zero-order valence-electron chi connectivity index (χ0n) is 11.9. The van der Waals surface area contributed by atoms with Crippen LogP contribution in [0.15, 0.2) is 24.3 Å². The summed E-state index contributed by atoms with van der Waals surface area (Å²) < 4.78 is 13.0. The van der Waals surface area contributed by atoms with Crippen molar-refractivity contribution < 1.29 is 14.0 Å². The first-order chi connectivity index (χ1) is 10.1. The largest absolute Gasteiger partial charge is 0.341 e. The SMILES string of the molecule is O=C(C1CCCC(=O)N1Cc1ccc(F)cc1)N1CCC1. The van der Waals surface area contributed by atoms with E-state index in [0.717, 1.165) is 37.9 Å². The average molecular weight is 290 g/mol. The normalized spacial score (nSPS) is 22.1. The number of rotatable bonds is 3. The van der Waals surface area contributed by atoms with Crippen LogP contribution in [0.25, 0.3) is 0 Å². The van der Waals surface area contributed by atoms with Crippen LogP contribution in [0.1, 0.15) is 31.2 Å². The van der Waals surface area contributed by atoms with Gasteiger partial charge in [-0.3, -0.25) is 9.59 Å². The summed E-state index contributed by atoms with van der Waals surface area (Å²) in [6.45, 7) is 1.98. The van der Waals surface area contributed by atoms with Crippen molar-refractivity contribution in [1.82, 2.24) is 9.80 Å². The van der Waals surface area contributed by atoms with Gasteiger partial charge in [0.2, 0.25) is 11.8 Å². The highest BCUT2D eigenvalue weighted by Crippen LogP contribution is 2.24. The summed E-state index contributed by atoms with van der Waals surface area (Å²) in [5.74, 6) is -0.210. The monoisotopic (exact) mass is 290 g/mol. The molecule has 5 heteroatoms. The first-order valence-electron chi connectivity index (χ1n) is 7.48. The Morgan fingerprint density at radius 3 is 2.52 bits per heavy atom. The van der Waals surface area contributed by atoms with Crippen LogP contribution in [0.5, 0.6) is 0 Å². The molecule has 2 heterocycles. The predicted octanol–water partition coefficient (Wildman–Crippen LogP) is 1.94. The van der Waals surface area contributed by atoms with Gasteiger partial charge in [-0.05, 0) is 37.0 Å². The highest BCUT2D eigenvalue weighted by atomic mass is 19.1. The molecule has 0 saturated carbocycles. The van der Waals surface area contributed by atoms with Crippen molar-refractivity contribution in [1.29, 1.82) is 0 Å². The van der Waals surface area contributed by atoms with E-state index in [1.54, 1.807) is 17.0 Å². The van der Waals surface area contributed by atoms with Crippen molar-refractivity contribution in [3.05, 3.63) is 35.6 Å². The van der Waals surface area contributed by atoms with Gasteiger partial charge < -0.3 is 9.80 Å². The average Bonchev–Trinajstić information content (AvgIpc) is 2.41. The second-order valence-electron chi connectivity index (χ2n) is 5.73. The lowest BCUT2D eigenvalue weighted by atomic mass is 9.98. The lowest BCUT2D eigenvalue weighted by molar-refractivity contribution is -0.151. The Labute approximate surface area is 123 Å². The third-order valence-electron chi connectivity index (χ3n) is 4.28. The van der Waals surface area contributed by atoms with Gasteiger partial charge in [0.05, 0.1) is 0 Å². The number of hydrogen-bond acceptors (Lipinski definition) is 2. The fraction of sp³-hybridized carbons (Fsp3) is 0.500. The molecule has 0 aliphatic carbocycles. The number of amides is 2. The highest BCUT2D eigenvalue weighted by molar-refractivity contribution is 5.89. The summed E-state index contributed by atoms with van der Waals surface area (Å²) in [6, 6.07) is 5.76. The zero-order valence-corrected chi connectivity index (χ0v) is 11.9. The second-order valence-corrected chi connectivity index (χ2v) is 5.73. The number of carbonyl (C=O) groups is 2. The van der Waals surface area contributed by atoms with Gasteiger partial charge in [-0.2, -0.15) is 0 Å². The van der Waals surface area contributed by atoms with Crippen molar-refractivity contribution in [2.75, 3.05) is 13.1 Å². The maximum atomic E-state index is 13.0. The summed E-state index contributed by atoms with van der Waals surface area (Å²) >= 11 is 0. The minimum absolute atomic E-state index is 0.0180. The summed E-state index contributed by atoms with van der Waals surface area (Å²) in [6.07, 6.45) is 3.03. The zero-order chi connectivity index (χ0) is 14.8. The molecule has 0 radical (unpaired) electrons. The van der Waals surface area contributed by atoms with E-state index in [9.17, 15) is 14.0 Å². The molecule has 2 fully saturated rings. The van der Waals surface area contributed by atoms with E-state index in [0.29, 0.717) is 13.0 Å². The van der Waals surface area contributed by atoms with Crippen molar-refractivity contribution in [3.63, 3.8) is 0 Å². The molecule has 1 unspecified atom stereocenters. The highest BCUT2D eigenvalue weighted by Gasteiger charge is 2.36. The van der Waals surface area contributed by atoms with E-state index in [1.807, 2.05) is 4.90 Å². The molecule has 2 aliphatic rings. The number of likely N-dealkylation sites (tertiary alicyclic amines) is 2. The molecular weight excluding hydrogens is 271 g/mol. The first-order valence-corrected chi connectivity index (χ1v) is 7.48. The molecule has 1 atom stereocenters. The smallest absolute Gasteiger partial charge is 0.245 e. The number of carbonyl (C=O) groups excluding carboxylic acids is 2. The van der Waals surface area contributed by atoms with Crippen molar-refractivity contribution in [3.8, 4) is 0 Å². The van der Waals surface area contributed by atoms with Crippen LogP contribution < -0.4 is 0 Å². The molecule has 2 aliphatic heterocycles. The maximum absolute atomic E-state index is 13.0. The van der Waals surface area contributed by atoms with Gasteiger partial charge in [-0.15, -0.1) is 0 Å². The molecule has 4 nitrogen and oxygen atoms in total. The molecule has 0 spiro atoms. The Hall–Kier alpha value is -1.91. The van der Waals surface area contributed by atoms with Crippen LogP contribution in [-0.2, 0) is 16.1 Å². The van der Waals surface area contributed by atoms with Crippen molar-refractivity contribution >= 4 is 11.8 Å². The van der Waals surface area contributed by atoms with Crippen molar-refractivity contribution in [2.24, 2.45) is 0 Å². The van der Waals surface area contributed by atoms with Crippen LogP contribution in [0.4, 0.5) is 4.39 Å². The second kappa shape index (κ2) is 5.84. The fourth-order valence-corrected chi connectivity index (χ4v) is 2.91.